The standard InChI is InChI=1S/C18H27FN4.HI/c1-20-17(23-10-9-18(13-23)7-4-8-18)21-12-14-5-6-16(22(2)3)15(19)11-14;/h5-6,11H,4,7-10,12-13H2,1-3H3,(H,20,21);1H. The minimum absolute atomic E-state index is 0. The van der Waals surface area contributed by atoms with E-state index in [2.05, 4.69) is 15.2 Å². The van der Waals surface area contributed by atoms with Gasteiger partial charge in [-0.15, -0.1) is 24.0 Å². The molecular formula is C18H28FIN4. The van der Waals surface area contributed by atoms with Crippen LogP contribution in [0.15, 0.2) is 23.2 Å². The molecule has 1 aliphatic carbocycles. The van der Waals surface area contributed by atoms with E-state index in [0.29, 0.717) is 17.6 Å². The van der Waals surface area contributed by atoms with E-state index >= 15 is 0 Å². The molecule has 0 atom stereocenters. The number of aliphatic imine (C=N–C) groups is 1. The van der Waals surface area contributed by atoms with Crippen LogP contribution in [0.2, 0.25) is 0 Å². The number of rotatable bonds is 3. The van der Waals surface area contributed by atoms with Gasteiger partial charge in [0.1, 0.15) is 5.82 Å². The highest BCUT2D eigenvalue weighted by Crippen LogP contribution is 2.47. The van der Waals surface area contributed by atoms with Crippen LogP contribution in [-0.2, 0) is 6.54 Å². The Bertz CT molecular complexity index is 599. The third-order valence-electron chi connectivity index (χ3n) is 5.31. The zero-order valence-corrected chi connectivity index (χ0v) is 17.1. The maximum atomic E-state index is 14.1. The number of guanidine groups is 1. The van der Waals surface area contributed by atoms with Gasteiger partial charge in [0.25, 0.3) is 0 Å². The first-order chi connectivity index (χ1) is 11.0. The lowest BCUT2D eigenvalue weighted by molar-refractivity contribution is 0.151. The molecule has 0 amide bonds. The molecule has 1 aliphatic heterocycles. The van der Waals surface area contributed by atoms with Gasteiger partial charge in [0.2, 0.25) is 0 Å². The molecule has 6 heteroatoms. The first kappa shape index (κ1) is 19.3. The van der Waals surface area contributed by atoms with Crippen LogP contribution in [0.5, 0.6) is 0 Å². The molecule has 134 valence electrons. The molecule has 1 saturated carbocycles. The van der Waals surface area contributed by atoms with Crippen molar-refractivity contribution in [2.75, 3.05) is 39.1 Å². The fourth-order valence-corrected chi connectivity index (χ4v) is 3.74. The molecule has 1 spiro atoms. The van der Waals surface area contributed by atoms with E-state index in [1.807, 2.05) is 33.3 Å². The Hall–Kier alpha value is -1.05. The van der Waals surface area contributed by atoms with E-state index < -0.39 is 0 Å². The molecule has 1 heterocycles. The average molecular weight is 446 g/mol. The molecule has 2 fully saturated rings. The molecular weight excluding hydrogens is 418 g/mol. The number of hydrogen-bond donors (Lipinski definition) is 1. The number of halogens is 2. The Labute approximate surface area is 161 Å². The first-order valence-corrected chi connectivity index (χ1v) is 8.44. The van der Waals surface area contributed by atoms with E-state index in [4.69, 9.17) is 0 Å². The summed E-state index contributed by atoms with van der Waals surface area (Å²) < 4.78 is 14.1. The second-order valence-corrected chi connectivity index (χ2v) is 7.11. The Balaban J connectivity index is 0.00000208. The molecule has 0 bridgehead atoms. The van der Waals surface area contributed by atoms with Crippen molar-refractivity contribution in [3.63, 3.8) is 0 Å². The molecule has 1 aromatic rings. The van der Waals surface area contributed by atoms with Gasteiger partial charge in [-0.3, -0.25) is 4.99 Å². The van der Waals surface area contributed by atoms with Gasteiger partial charge in [0, 0.05) is 40.8 Å². The Kier molecular flexibility index (Phi) is 6.33. The summed E-state index contributed by atoms with van der Waals surface area (Å²) in [7, 11) is 5.52. The zero-order valence-electron chi connectivity index (χ0n) is 14.8. The summed E-state index contributed by atoms with van der Waals surface area (Å²) in [6, 6.07) is 5.40. The van der Waals surface area contributed by atoms with Crippen LogP contribution in [0.25, 0.3) is 0 Å². The summed E-state index contributed by atoms with van der Waals surface area (Å²) in [6.07, 6.45) is 5.37. The number of benzene rings is 1. The van der Waals surface area contributed by atoms with E-state index in [1.165, 1.54) is 25.7 Å². The van der Waals surface area contributed by atoms with Crippen molar-refractivity contribution in [2.24, 2.45) is 10.4 Å². The molecule has 2 aliphatic rings. The zero-order chi connectivity index (χ0) is 16.4. The van der Waals surface area contributed by atoms with Crippen LogP contribution in [0.1, 0.15) is 31.2 Å². The molecule has 0 radical (unpaired) electrons. The number of hydrogen-bond acceptors (Lipinski definition) is 2. The van der Waals surface area contributed by atoms with Crippen molar-refractivity contribution in [1.82, 2.24) is 10.2 Å². The summed E-state index contributed by atoms with van der Waals surface area (Å²) in [5.41, 5.74) is 2.10. The Morgan fingerprint density at radius 1 is 1.33 bits per heavy atom. The quantitative estimate of drug-likeness (QED) is 0.439. The SMILES string of the molecule is CN=C(NCc1ccc(N(C)C)c(F)c1)N1CCC2(CCC2)C1.I. The second-order valence-electron chi connectivity index (χ2n) is 7.11. The third-order valence-corrected chi connectivity index (χ3v) is 5.31. The fourth-order valence-electron chi connectivity index (χ4n) is 3.74. The van der Waals surface area contributed by atoms with Crippen LogP contribution < -0.4 is 10.2 Å². The van der Waals surface area contributed by atoms with Crippen molar-refractivity contribution in [2.45, 2.75) is 32.2 Å². The molecule has 1 saturated heterocycles. The van der Waals surface area contributed by atoms with Gasteiger partial charge in [-0.2, -0.15) is 0 Å². The molecule has 3 rings (SSSR count). The summed E-state index contributed by atoms with van der Waals surface area (Å²) in [6.45, 7) is 2.79. The lowest BCUT2D eigenvalue weighted by Gasteiger charge is -2.38. The number of nitrogens with zero attached hydrogens (tertiary/aromatic N) is 3. The van der Waals surface area contributed by atoms with Gasteiger partial charge in [0.05, 0.1) is 5.69 Å². The monoisotopic (exact) mass is 446 g/mol. The predicted molar refractivity (Wildman–Crippen MR) is 109 cm³/mol. The molecule has 0 unspecified atom stereocenters. The summed E-state index contributed by atoms with van der Waals surface area (Å²) in [5.74, 6) is 0.754. The van der Waals surface area contributed by atoms with Crippen molar-refractivity contribution in [3.05, 3.63) is 29.6 Å². The van der Waals surface area contributed by atoms with Crippen LogP contribution in [-0.4, -0.2) is 45.1 Å². The number of anilines is 1. The summed E-state index contributed by atoms with van der Waals surface area (Å²) in [5, 5.41) is 3.39. The van der Waals surface area contributed by atoms with E-state index in [0.717, 1.165) is 24.6 Å². The lowest BCUT2D eigenvalue weighted by atomic mass is 9.68. The van der Waals surface area contributed by atoms with Gasteiger partial charge in [-0.05, 0) is 42.4 Å². The normalized spacial score (nSPS) is 19.0. The van der Waals surface area contributed by atoms with E-state index in [-0.39, 0.29) is 29.8 Å². The van der Waals surface area contributed by atoms with Crippen LogP contribution in [0, 0.1) is 11.2 Å². The van der Waals surface area contributed by atoms with Gasteiger partial charge in [-0.1, -0.05) is 12.5 Å². The van der Waals surface area contributed by atoms with Gasteiger partial charge < -0.3 is 15.1 Å². The molecule has 4 nitrogen and oxygen atoms in total. The summed E-state index contributed by atoms with van der Waals surface area (Å²) >= 11 is 0. The summed E-state index contributed by atoms with van der Waals surface area (Å²) in [4.78, 5) is 8.54. The van der Waals surface area contributed by atoms with Crippen molar-refractivity contribution >= 4 is 35.6 Å². The van der Waals surface area contributed by atoms with Gasteiger partial charge in [-0.25, -0.2) is 4.39 Å². The van der Waals surface area contributed by atoms with Crippen molar-refractivity contribution in [3.8, 4) is 0 Å². The maximum absolute atomic E-state index is 14.1. The number of nitrogens with one attached hydrogen (secondary N) is 1. The van der Waals surface area contributed by atoms with Crippen LogP contribution in [0.4, 0.5) is 10.1 Å². The van der Waals surface area contributed by atoms with E-state index in [1.54, 1.807) is 11.0 Å². The molecule has 1 aromatic carbocycles. The van der Waals surface area contributed by atoms with Crippen LogP contribution in [0.3, 0.4) is 0 Å². The Morgan fingerprint density at radius 2 is 2.08 bits per heavy atom. The highest BCUT2D eigenvalue weighted by molar-refractivity contribution is 14.0. The highest BCUT2D eigenvalue weighted by Gasteiger charge is 2.43. The van der Waals surface area contributed by atoms with Crippen LogP contribution >= 0.6 is 24.0 Å². The van der Waals surface area contributed by atoms with E-state index in [9.17, 15) is 4.39 Å². The van der Waals surface area contributed by atoms with Gasteiger partial charge >= 0.3 is 0 Å². The smallest absolute Gasteiger partial charge is 0.193 e. The maximum Gasteiger partial charge on any atom is 0.193 e. The van der Waals surface area contributed by atoms with Gasteiger partial charge in [0.15, 0.2) is 5.96 Å². The Morgan fingerprint density at radius 3 is 2.58 bits per heavy atom. The van der Waals surface area contributed by atoms with Crippen molar-refractivity contribution in [1.29, 1.82) is 0 Å². The fraction of sp³-hybridized carbons (Fsp3) is 0.611. The molecule has 0 aromatic heterocycles. The van der Waals surface area contributed by atoms with Crippen molar-refractivity contribution < 1.29 is 4.39 Å². The number of likely N-dealkylation sites (tertiary alicyclic amines) is 1. The minimum atomic E-state index is -0.182. The average Bonchev–Trinajstić information content (AvgIpc) is 2.93. The molecule has 24 heavy (non-hydrogen) atoms. The third kappa shape index (κ3) is 3.95. The minimum Gasteiger partial charge on any atom is -0.375 e. The highest BCUT2D eigenvalue weighted by atomic mass is 127. The largest absolute Gasteiger partial charge is 0.375 e. The lowest BCUT2D eigenvalue weighted by Crippen LogP contribution is -2.42. The topological polar surface area (TPSA) is 30.9 Å². The predicted octanol–water partition coefficient (Wildman–Crippen LogP) is 3.46. The first-order valence-electron chi connectivity index (χ1n) is 8.44. The molecule has 1 N–H and O–H groups in total. The second kappa shape index (κ2) is 7.89.